The molecule has 0 atom stereocenters. The molecule has 7 nitrogen and oxygen atoms in total. The molecule has 142 valence electrons. The second-order valence-corrected chi connectivity index (χ2v) is 7.04. The Morgan fingerprint density at radius 3 is 2.57 bits per heavy atom. The first-order valence-corrected chi connectivity index (χ1v) is 9.42. The molecule has 2 heterocycles. The summed E-state index contributed by atoms with van der Waals surface area (Å²) in [6, 6.07) is 16.1. The minimum absolute atomic E-state index is 0.129. The van der Waals surface area contributed by atoms with Crippen LogP contribution in [-0.4, -0.2) is 41.8 Å². The van der Waals surface area contributed by atoms with Gasteiger partial charge < -0.3 is 14.4 Å². The first-order chi connectivity index (χ1) is 13.6. The summed E-state index contributed by atoms with van der Waals surface area (Å²) in [6.45, 7) is 0.550. The van der Waals surface area contributed by atoms with E-state index in [0.717, 1.165) is 11.8 Å². The van der Waals surface area contributed by atoms with E-state index in [2.05, 4.69) is 5.32 Å². The SMILES string of the molecule is O=C1NC(=O)C(=C(OCCN2COc3ccccc3C2=O)c2ccccc2)S1. The van der Waals surface area contributed by atoms with Gasteiger partial charge in [0.1, 0.15) is 23.0 Å². The van der Waals surface area contributed by atoms with Crippen molar-refractivity contribution < 1.29 is 23.9 Å². The maximum Gasteiger partial charge on any atom is 0.291 e. The maximum absolute atomic E-state index is 12.6. The molecule has 4 rings (SSSR count). The van der Waals surface area contributed by atoms with E-state index in [1.54, 1.807) is 30.3 Å². The van der Waals surface area contributed by atoms with Crippen LogP contribution in [0.2, 0.25) is 0 Å². The van der Waals surface area contributed by atoms with Crippen molar-refractivity contribution in [2.45, 2.75) is 0 Å². The van der Waals surface area contributed by atoms with Gasteiger partial charge >= 0.3 is 0 Å². The first kappa shape index (κ1) is 18.1. The van der Waals surface area contributed by atoms with Gasteiger partial charge in [-0.3, -0.25) is 19.7 Å². The predicted octanol–water partition coefficient (Wildman–Crippen LogP) is 2.85. The summed E-state index contributed by atoms with van der Waals surface area (Å²) in [5.41, 5.74) is 1.19. The molecule has 0 spiro atoms. The minimum Gasteiger partial charge on any atom is -0.490 e. The van der Waals surface area contributed by atoms with Crippen LogP contribution in [0.25, 0.3) is 5.76 Å². The molecule has 8 heteroatoms. The van der Waals surface area contributed by atoms with Crippen LogP contribution in [0, 0.1) is 0 Å². The third kappa shape index (κ3) is 3.59. The molecule has 28 heavy (non-hydrogen) atoms. The summed E-state index contributed by atoms with van der Waals surface area (Å²) >= 11 is 0.804. The van der Waals surface area contributed by atoms with E-state index in [4.69, 9.17) is 9.47 Å². The van der Waals surface area contributed by atoms with Gasteiger partial charge in [-0.25, -0.2) is 0 Å². The zero-order chi connectivity index (χ0) is 19.5. The molecule has 0 aliphatic carbocycles. The largest absolute Gasteiger partial charge is 0.490 e. The number of carbonyl (C=O) groups is 3. The number of imide groups is 1. The fourth-order valence-corrected chi connectivity index (χ4v) is 3.64. The topological polar surface area (TPSA) is 84.9 Å². The third-order valence-electron chi connectivity index (χ3n) is 4.25. The molecule has 2 aliphatic heterocycles. The normalized spacial score (nSPS) is 17.7. The zero-order valence-electron chi connectivity index (χ0n) is 14.7. The van der Waals surface area contributed by atoms with Gasteiger partial charge in [-0.2, -0.15) is 0 Å². The fraction of sp³-hybridized carbons (Fsp3) is 0.150. The molecule has 0 bridgehead atoms. The lowest BCUT2D eigenvalue weighted by molar-refractivity contribution is -0.115. The average Bonchev–Trinajstić information content (AvgIpc) is 3.05. The van der Waals surface area contributed by atoms with Crippen LogP contribution in [0.3, 0.4) is 0 Å². The van der Waals surface area contributed by atoms with E-state index in [-0.39, 0.29) is 30.7 Å². The molecule has 0 saturated carbocycles. The van der Waals surface area contributed by atoms with E-state index in [9.17, 15) is 14.4 Å². The molecule has 1 N–H and O–H groups in total. The van der Waals surface area contributed by atoms with Gasteiger partial charge in [0, 0.05) is 5.56 Å². The number of nitrogens with zero attached hydrogens (tertiary/aromatic N) is 1. The summed E-state index contributed by atoms with van der Waals surface area (Å²) in [7, 11) is 0. The Kier molecular flexibility index (Phi) is 5.03. The second-order valence-electron chi connectivity index (χ2n) is 6.05. The molecule has 1 saturated heterocycles. The summed E-state index contributed by atoms with van der Waals surface area (Å²) < 4.78 is 11.5. The number of ether oxygens (including phenoxy) is 2. The van der Waals surface area contributed by atoms with Crippen LogP contribution in [0.15, 0.2) is 59.5 Å². The van der Waals surface area contributed by atoms with Gasteiger partial charge in [-0.1, -0.05) is 42.5 Å². The molecule has 0 radical (unpaired) electrons. The quantitative estimate of drug-likeness (QED) is 0.618. The van der Waals surface area contributed by atoms with E-state index in [0.29, 0.717) is 22.6 Å². The monoisotopic (exact) mass is 396 g/mol. The molecule has 2 aliphatic rings. The molecule has 2 aromatic rings. The van der Waals surface area contributed by atoms with Gasteiger partial charge in [0.25, 0.3) is 17.1 Å². The predicted molar refractivity (Wildman–Crippen MR) is 103 cm³/mol. The van der Waals surface area contributed by atoms with Crippen molar-refractivity contribution in [3.8, 4) is 5.75 Å². The first-order valence-electron chi connectivity index (χ1n) is 8.60. The number of hydrogen-bond donors (Lipinski definition) is 1. The highest BCUT2D eigenvalue weighted by atomic mass is 32.2. The lowest BCUT2D eigenvalue weighted by atomic mass is 10.1. The van der Waals surface area contributed by atoms with E-state index >= 15 is 0 Å². The van der Waals surface area contributed by atoms with Crippen LogP contribution in [0.1, 0.15) is 15.9 Å². The van der Waals surface area contributed by atoms with Crippen molar-refractivity contribution in [2.75, 3.05) is 19.9 Å². The summed E-state index contributed by atoms with van der Waals surface area (Å²) in [4.78, 5) is 38.0. The lowest BCUT2D eigenvalue weighted by Gasteiger charge is -2.28. The molecule has 1 fully saturated rings. The Hall–Kier alpha value is -3.26. The number of para-hydroxylation sites is 1. The Bertz CT molecular complexity index is 974. The number of nitrogens with one attached hydrogen (secondary N) is 1. The molecule has 0 unspecified atom stereocenters. The van der Waals surface area contributed by atoms with Gasteiger partial charge in [-0.15, -0.1) is 0 Å². The molecule has 2 aromatic carbocycles. The van der Waals surface area contributed by atoms with Crippen molar-refractivity contribution in [3.05, 3.63) is 70.6 Å². The number of thioether (sulfide) groups is 1. The number of rotatable bonds is 5. The van der Waals surface area contributed by atoms with Gasteiger partial charge in [0.2, 0.25) is 0 Å². The zero-order valence-corrected chi connectivity index (χ0v) is 15.5. The van der Waals surface area contributed by atoms with E-state index in [1.165, 1.54) is 4.90 Å². The van der Waals surface area contributed by atoms with Gasteiger partial charge in [0.15, 0.2) is 6.73 Å². The Balaban J connectivity index is 1.49. The molecule has 3 amide bonds. The standard InChI is InChI=1S/C20H16N2O5S/c23-18-17(28-20(25)21-18)16(13-6-2-1-3-7-13)26-11-10-22-12-27-15-9-5-4-8-14(15)19(22)24/h1-9H,10-12H2,(H,21,23,25). The highest BCUT2D eigenvalue weighted by Crippen LogP contribution is 2.32. The van der Waals surface area contributed by atoms with Crippen LogP contribution in [0.5, 0.6) is 5.75 Å². The van der Waals surface area contributed by atoms with Crippen LogP contribution < -0.4 is 10.1 Å². The highest BCUT2D eigenvalue weighted by molar-refractivity contribution is 8.18. The smallest absolute Gasteiger partial charge is 0.291 e. The van der Waals surface area contributed by atoms with Crippen LogP contribution in [-0.2, 0) is 9.53 Å². The number of benzene rings is 2. The number of amides is 3. The number of carbonyl (C=O) groups excluding carboxylic acids is 3. The van der Waals surface area contributed by atoms with Crippen molar-refractivity contribution in [3.63, 3.8) is 0 Å². The molecular formula is C20H16N2O5S. The lowest BCUT2D eigenvalue weighted by Crippen LogP contribution is -2.40. The summed E-state index contributed by atoms with van der Waals surface area (Å²) in [6.07, 6.45) is 0. The summed E-state index contributed by atoms with van der Waals surface area (Å²) in [5.74, 6) is 0.261. The Morgan fingerprint density at radius 2 is 1.82 bits per heavy atom. The average molecular weight is 396 g/mol. The van der Waals surface area contributed by atoms with E-state index in [1.807, 2.05) is 24.3 Å². The van der Waals surface area contributed by atoms with Gasteiger partial charge in [0.05, 0.1) is 12.1 Å². The van der Waals surface area contributed by atoms with Crippen LogP contribution in [0.4, 0.5) is 4.79 Å². The number of hydrogen-bond acceptors (Lipinski definition) is 6. The van der Waals surface area contributed by atoms with Gasteiger partial charge in [-0.05, 0) is 23.9 Å². The molecule has 0 aromatic heterocycles. The van der Waals surface area contributed by atoms with Crippen molar-refractivity contribution in [2.24, 2.45) is 0 Å². The van der Waals surface area contributed by atoms with Crippen molar-refractivity contribution in [1.29, 1.82) is 0 Å². The minimum atomic E-state index is -0.486. The fourth-order valence-electron chi connectivity index (χ4n) is 2.90. The maximum atomic E-state index is 12.6. The van der Waals surface area contributed by atoms with E-state index < -0.39 is 11.1 Å². The molecular weight excluding hydrogens is 380 g/mol. The van der Waals surface area contributed by atoms with Crippen molar-refractivity contribution in [1.82, 2.24) is 10.2 Å². The second kappa shape index (κ2) is 7.77. The Morgan fingerprint density at radius 1 is 1.07 bits per heavy atom. The highest BCUT2D eigenvalue weighted by Gasteiger charge is 2.31. The third-order valence-corrected chi connectivity index (χ3v) is 5.11. The van der Waals surface area contributed by atoms with Crippen LogP contribution >= 0.6 is 11.8 Å². The number of fused-ring (bicyclic) bond motifs is 1. The summed E-state index contributed by atoms with van der Waals surface area (Å²) in [5, 5.41) is 1.80. The Labute approximate surface area is 165 Å². The van der Waals surface area contributed by atoms with Crippen molar-refractivity contribution >= 4 is 34.6 Å².